The van der Waals surface area contributed by atoms with E-state index < -0.39 is 11.8 Å². The summed E-state index contributed by atoms with van der Waals surface area (Å²) < 4.78 is 10.9. The Morgan fingerprint density at radius 2 is 1.36 bits per heavy atom. The Labute approximate surface area is 151 Å². The molecule has 0 aliphatic carbocycles. The zero-order valence-electron chi connectivity index (χ0n) is 14.0. The Morgan fingerprint density at radius 3 is 1.96 bits per heavy atom. The van der Waals surface area contributed by atoms with Crippen LogP contribution in [0, 0.1) is 0 Å². The van der Waals surface area contributed by atoms with E-state index in [0.717, 1.165) is 0 Å². The molecule has 2 amide bonds. The highest BCUT2D eigenvalue weighted by molar-refractivity contribution is 6.30. The smallest absolute Gasteiger partial charge is 0.269 e. The van der Waals surface area contributed by atoms with E-state index in [0.29, 0.717) is 40.9 Å². The zero-order chi connectivity index (χ0) is 18.2. The van der Waals surface area contributed by atoms with E-state index in [1.807, 2.05) is 13.8 Å². The maximum atomic E-state index is 12.2. The Balaban J connectivity index is 2.03. The standard InChI is InChI=1S/C18H19ClN2O4/c1-3-24-15-10-7-13(11-16(15)25-4-2)18(23)21-20-17(22)12-5-8-14(19)9-6-12/h5-11H,3-4H2,1-2H3,(H,20,22)(H,21,23). The first kappa shape index (κ1) is 18.6. The maximum Gasteiger partial charge on any atom is 0.269 e. The highest BCUT2D eigenvalue weighted by Crippen LogP contribution is 2.28. The molecule has 7 heteroatoms. The van der Waals surface area contributed by atoms with Gasteiger partial charge in [-0.2, -0.15) is 0 Å². The van der Waals surface area contributed by atoms with Crippen LogP contribution in [0.5, 0.6) is 11.5 Å². The average molecular weight is 363 g/mol. The fraction of sp³-hybridized carbons (Fsp3) is 0.222. The summed E-state index contributed by atoms with van der Waals surface area (Å²) in [5.74, 6) is 0.124. The van der Waals surface area contributed by atoms with E-state index in [1.165, 1.54) is 0 Å². The lowest BCUT2D eigenvalue weighted by molar-refractivity contribution is 0.0846. The number of amides is 2. The molecule has 0 bridgehead atoms. The second kappa shape index (κ2) is 8.94. The van der Waals surface area contributed by atoms with Gasteiger partial charge in [-0.3, -0.25) is 20.4 Å². The quantitative estimate of drug-likeness (QED) is 0.773. The molecule has 2 rings (SSSR count). The minimum atomic E-state index is -0.466. The molecule has 0 saturated carbocycles. The van der Waals surface area contributed by atoms with E-state index in [9.17, 15) is 9.59 Å². The zero-order valence-corrected chi connectivity index (χ0v) is 14.7. The van der Waals surface area contributed by atoms with Crippen LogP contribution in [0.25, 0.3) is 0 Å². The van der Waals surface area contributed by atoms with Gasteiger partial charge in [0, 0.05) is 16.1 Å². The van der Waals surface area contributed by atoms with Gasteiger partial charge in [0.2, 0.25) is 0 Å². The Bertz CT molecular complexity index is 747. The van der Waals surface area contributed by atoms with Crippen LogP contribution in [0.2, 0.25) is 5.02 Å². The van der Waals surface area contributed by atoms with E-state index in [-0.39, 0.29) is 0 Å². The third-order valence-corrected chi connectivity index (χ3v) is 3.45. The van der Waals surface area contributed by atoms with Crippen molar-refractivity contribution in [2.45, 2.75) is 13.8 Å². The number of benzene rings is 2. The predicted molar refractivity (Wildman–Crippen MR) is 95.2 cm³/mol. The lowest BCUT2D eigenvalue weighted by Gasteiger charge is -2.13. The van der Waals surface area contributed by atoms with Gasteiger partial charge < -0.3 is 9.47 Å². The molecule has 2 N–H and O–H groups in total. The molecule has 0 heterocycles. The normalized spacial score (nSPS) is 10.0. The summed E-state index contributed by atoms with van der Waals surface area (Å²) in [4.78, 5) is 24.2. The molecular weight excluding hydrogens is 344 g/mol. The van der Waals surface area contributed by atoms with Crippen LogP contribution in [-0.2, 0) is 0 Å². The molecule has 0 saturated heterocycles. The number of hydrogen-bond donors (Lipinski definition) is 2. The summed E-state index contributed by atoms with van der Waals surface area (Å²) in [6.07, 6.45) is 0. The number of carbonyl (C=O) groups excluding carboxylic acids is 2. The average Bonchev–Trinajstić information content (AvgIpc) is 2.62. The summed E-state index contributed by atoms with van der Waals surface area (Å²) in [6.45, 7) is 4.64. The van der Waals surface area contributed by atoms with Gasteiger partial charge in [0.05, 0.1) is 13.2 Å². The fourth-order valence-electron chi connectivity index (χ4n) is 2.05. The third-order valence-electron chi connectivity index (χ3n) is 3.20. The molecule has 0 aromatic heterocycles. The predicted octanol–water partition coefficient (Wildman–Crippen LogP) is 3.21. The molecule has 0 atom stereocenters. The topological polar surface area (TPSA) is 76.7 Å². The summed E-state index contributed by atoms with van der Waals surface area (Å²) in [5.41, 5.74) is 5.44. The van der Waals surface area contributed by atoms with Crippen molar-refractivity contribution in [3.8, 4) is 11.5 Å². The minimum Gasteiger partial charge on any atom is -0.490 e. The van der Waals surface area contributed by atoms with Crippen molar-refractivity contribution in [2.24, 2.45) is 0 Å². The first-order valence-electron chi connectivity index (χ1n) is 7.81. The van der Waals surface area contributed by atoms with E-state index in [1.54, 1.807) is 42.5 Å². The number of carbonyl (C=O) groups is 2. The highest BCUT2D eigenvalue weighted by Gasteiger charge is 2.13. The molecule has 0 radical (unpaired) electrons. The second-order valence-corrected chi connectivity index (χ2v) is 5.38. The summed E-state index contributed by atoms with van der Waals surface area (Å²) in [5, 5.41) is 0.526. The van der Waals surface area contributed by atoms with Crippen molar-refractivity contribution < 1.29 is 19.1 Å². The Kier molecular flexibility index (Phi) is 6.65. The Hall–Kier alpha value is -2.73. The first-order chi connectivity index (χ1) is 12.0. The van der Waals surface area contributed by atoms with Crippen molar-refractivity contribution in [1.29, 1.82) is 0 Å². The van der Waals surface area contributed by atoms with E-state index >= 15 is 0 Å². The van der Waals surface area contributed by atoms with Gasteiger partial charge in [-0.25, -0.2) is 0 Å². The number of nitrogens with one attached hydrogen (secondary N) is 2. The number of rotatable bonds is 6. The third kappa shape index (κ3) is 5.12. The summed E-state index contributed by atoms with van der Waals surface area (Å²) in [7, 11) is 0. The van der Waals surface area contributed by atoms with Crippen LogP contribution >= 0.6 is 11.6 Å². The van der Waals surface area contributed by atoms with Crippen LogP contribution in [0.15, 0.2) is 42.5 Å². The van der Waals surface area contributed by atoms with Crippen LogP contribution in [0.4, 0.5) is 0 Å². The first-order valence-corrected chi connectivity index (χ1v) is 8.18. The number of halogens is 1. The van der Waals surface area contributed by atoms with Gasteiger partial charge in [0.1, 0.15) is 0 Å². The molecule has 0 fully saturated rings. The molecular formula is C18H19ClN2O4. The molecule has 132 valence electrons. The van der Waals surface area contributed by atoms with Gasteiger partial charge in [0.15, 0.2) is 11.5 Å². The summed E-state index contributed by atoms with van der Waals surface area (Å²) in [6, 6.07) is 11.1. The molecule has 25 heavy (non-hydrogen) atoms. The van der Waals surface area contributed by atoms with Crippen LogP contribution < -0.4 is 20.3 Å². The van der Waals surface area contributed by atoms with Crippen molar-refractivity contribution in [3.63, 3.8) is 0 Å². The fourth-order valence-corrected chi connectivity index (χ4v) is 2.18. The molecule has 6 nitrogen and oxygen atoms in total. The molecule has 2 aromatic rings. The van der Waals surface area contributed by atoms with Crippen molar-refractivity contribution >= 4 is 23.4 Å². The number of hydrazine groups is 1. The highest BCUT2D eigenvalue weighted by atomic mass is 35.5. The molecule has 0 spiro atoms. The van der Waals surface area contributed by atoms with Crippen molar-refractivity contribution in [2.75, 3.05) is 13.2 Å². The molecule has 2 aromatic carbocycles. The van der Waals surface area contributed by atoms with Gasteiger partial charge in [-0.1, -0.05) is 11.6 Å². The van der Waals surface area contributed by atoms with Gasteiger partial charge in [0.25, 0.3) is 11.8 Å². The maximum absolute atomic E-state index is 12.2. The van der Waals surface area contributed by atoms with Gasteiger partial charge in [-0.05, 0) is 56.3 Å². The minimum absolute atomic E-state index is 0.336. The SMILES string of the molecule is CCOc1ccc(C(=O)NNC(=O)c2ccc(Cl)cc2)cc1OCC. The van der Waals surface area contributed by atoms with E-state index in [4.69, 9.17) is 21.1 Å². The lowest BCUT2D eigenvalue weighted by Crippen LogP contribution is -2.41. The van der Waals surface area contributed by atoms with Crippen molar-refractivity contribution in [3.05, 3.63) is 58.6 Å². The summed E-state index contributed by atoms with van der Waals surface area (Å²) >= 11 is 5.78. The van der Waals surface area contributed by atoms with Crippen molar-refractivity contribution in [1.82, 2.24) is 10.9 Å². The molecule has 0 aliphatic heterocycles. The lowest BCUT2D eigenvalue weighted by atomic mass is 10.2. The molecule has 0 unspecified atom stereocenters. The van der Waals surface area contributed by atoms with Gasteiger partial charge in [-0.15, -0.1) is 0 Å². The largest absolute Gasteiger partial charge is 0.490 e. The monoisotopic (exact) mass is 362 g/mol. The van der Waals surface area contributed by atoms with E-state index in [2.05, 4.69) is 10.9 Å². The number of ether oxygens (including phenoxy) is 2. The molecule has 0 aliphatic rings. The van der Waals surface area contributed by atoms with Crippen LogP contribution in [-0.4, -0.2) is 25.0 Å². The number of hydrogen-bond acceptors (Lipinski definition) is 4. The Morgan fingerprint density at radius 1 is 0.840 bits per heavy atom. The second-order valence-electron chi connectivity index (χ2n) is 4.94. The van der Waals surface area contributed by atoms with Crippen LogP contribution in [0.1, 0.15) is 34.6 Å². The van der Waals surface area contributed by atoms with Crippen LogP contribution in [0.3, 0.4) is 0 Å². The van der Waals surface area contributed by atoms with Gasteiger partial charge >= 0.3 is 0 Å².